The number of hydrogen-bond donors (Lipinski definition) is 0. The molecule has 0 aliphatic heterocycles. The van der Waals surface area contributed by atoms with Crippen molar-refractivity contribution < 1.29 is 14.3 Å². The highest BCUT2D eigenvalue weighted by atomic mass is 16.6. The zero-order chi connectivity index (χ0) is 12.5. The molecule has 3 rings (SSSR count). The lowest BCUT2D eigenvalue weighted by atomic mass is 9.80. The van der Waals surface area contributed by atoms with Gasteiger partial charge in [-0.2, -0.15) is 0 Å². The van der Waals surface area contributed by atoms with E-state index in [1.165, 1.54) is 25.3 Å². The van der Waals surface area contributed by atoms with Crippen molar-refractivity contribution in [2.24, 2.45) is 23.7 Å². The van der Waals surface area contributed by atoms with Crippen molar-refractivity contribution in [2.45, 2.75) is 25.4 Å². The molecule has 0 saturated heterocycles. The Kier molecular flexibility index (Phi) is 3.25. The molecule has 0 heterocycles. The Labute approximate surface area is 108 Å². The lowest BCUT2D eigenvalue weighted by molar-refractivity contribution is -0.140. The fraction of sp³-hybridized carbons (Fsp3) is 0.667. The maximum absolute atomic E-state index is 10.9. The second-order valence-corrected chi connectivity index (χ2v) is 5.58. The van der Waals surface area contributed by atoms with E-state index in [2.05, 4.69) is 18.7 Å². The molecule has 5 unspecified atom stereocenters. The van der Waals surface area contributed by atoms with E-state index in [-0.39, 0.29) is 5.97 Å². The topological polar surface area (TPSA) is 35.5 Å². The molecule has 2 fully saturated rings. The molecule has 2 bridgehead atoms. The monoisotopic (exact) mass is 248 g/mol. The molecule has 3 heteroatoms. The van der Waals surface area contributed by atoms with Gasteiger partial charge >= 0.3 is 5.97 Å². The van der Waals surface area contributed by atoms with Crippen LogP contribution in [-0.4, -0.2) is 25.3 Å². The van der Waals surface area contributed by atoms with E-state index < -0.39 is 0 Å². The average Bonchev–Trinajstić information content (AvgIpc) is 3.05. The van der Waals surface area contributed by atoms with Crippen LogP contribution in [0.15, 0.2) is 24.8 Å². The number of carbonyl (C=O) groups excluding carboxylic acids is 1. The highest BCUT2D eigenvalue weighted by molar-refractivity contribution is 5.81. The molecule has 5 atom stereocenters. The van der Waals surface area contributed by atoms with Crippen molar-refractivity contribution in [2.75, 3.05) is 13.2 Å². The van der Waals surface area contributed by atoms with Gasteiger partial charge in [-0.05, 0) is 42.9 Å². The Morgan fingerprint density at radius 2 is 2.22 bits per heavy atom. The number of allylic oxidation sites excluding steroid dienone is 2. The third kappa shape index (κ3) is 2.01. The van der Waals surface area contributed by atoms with Crippen LogP contribution in [0.3, 0.4) is 0 Å². The molecular formula is C15H20O3. The van der Waals surface area contributed by atoms with Gasteiger partial charge in [0, 0.05) is 6.08 Å². The maximum Gasteiger partial charge on any atom is 0.330 e. The van der Waals surface area contributed by atoms with Crippen molar-refractivity contribution in [3.05, 3.63) is 24.8 Å². The fourth-order valence-corrected chi connectivity index (χ4v) is 4.08. The summed E-state index contributed by atoms with van der Waals surface area (Å²) in [7, 11) is 0. The van der Waals surface area contributed by atoms with Crippen LogP contribution in [0, 0.1) is 23.7 Å². The SMILES string of the molecule is C=CC(=O)OCCOC1CC2CC1C1C=CCC21. The van der Waals surface area contributed by atoms with Gasteiger partial charge in [-0.1, -0.05) is 18.7 Å². The molecule has 0 aromatic rings. The molecule has 0 N–H and O–H groups in total. The van der Waals surface area contributed by atoms with Crippen LogP contribution in [0.2, 0.25) is 0 Å². The zero-order valence-corrected chi connectivity index (χ0v) is 10.6. The van der Waals surface area contributed by atoms with Gasteiger partial charge in [0.05, 0.1) is 12.7 Å². The molecule has 98 valence electrons. The van der Waals surface area contributed by atoms with Gasteiger partial charge in [0.15, 0.2) is 0 Å². The largest absolute Gasteiger partial charge is 0.460 e. The third-order valence-electron chi connectivity index (χ3n) is 4.77. The van der Waals surface area contributed by atoms with Gasteiger partial charge in [0.25, 0.3) is 0 Å². The summed E-state index contributed by atoms with van der Waals surface area (Å²) in [6.45, 7) is 4.21. The van der Waals surface area contributed by atoms with Crippen molar-refractivity contribution >= 4 is 5.97 Å². The maximum atomic E-state index is 10.9. The Bertz CT molecular complexity index is 374. The number of carbonyl (C=O) groups is 1. The van der Waals surface area contributed by atoms with E-state index in [0.29, 0.717) is 25.2 Å². The molecule has 0 aromatic carbocycles. The predicted octanol–water partition coefficient (Wildman–Crippen LogP) is 2.33. The molecule has 0 aromatic heterocycles. The molecule has 0 amide bonds. The van der Waals surface area contributed by atoms with Gasteiger partial charge < -0.3 is 9.47 Å². The van der Waals surface area contributed by atoms with Crippen molar-refractivity contribution in [3.63, 3.8) is 0 Å². The van der Waals surface area contributed by atoms with Gasteiger partial charge in [0.1, 0.15) is 6.61 Å². The normalized spacial score (nSPS) is 39.9. The minimum Gasteiger partial charge on any atom is -0.460 e. The predicted molar refractivity (Wildman–Crippen MR) is 67.8 cm³/mol. The van der Waals surface area contributed by atoms with E-state index in [4.69, 9.17) is 9.47 Å². The Hall–Kier alpha value is -1.09. The van der Waals surface area contributed by atoms with Crippen LogP contribution in [0.4, 0.5) is 0 Å². The lowest BCUT2D eigenvalue weighted by Crippen LogP contribution is -2.31. The minimum atomic E-state index is -0.370. The van der Waals surface area contributed by atoms with E-state index in [0.717, 1.165) is 17.8 Å². The smallest absolute Gasteiger partial charge is 0.330 e. The fourth-order valence-electron chi connectivity index (χ4n) is 4.08. The first-order valence-corrected chi connectivity index (χ1v) is 6.87. The van der Waals surface area contributed by atoms with Gasteiger partial charge in [-0.25, -0.2) is 4.79 Å². The van der Waals surface area contributed by atoms with Crippen LogP contribution in [0.25, 0.3) is 0 Å². The standard InChI is InChI=1S/C15H20O3/c1-2-15(16)18-7-6-17-14-9-10-8-13(14)12-5-3-4-11(10)12/h2-3,5,10-14H,1,4,6-9H2. The number of hydrogen-bond acceptors (Lipinski definition) is 3. The summed E-state index contributed by atoms with van der Waals surface area (Å²) in [5, 5.41) is 0. The van der Waals surface area contributed by atoms with E-state index >= 15 is 0 Å². The van der Waals surface area contributed by atoms with Crippen LogP contribution >= 0.6 is 0 Å². The van der Waals surface area contributed by atoms with Crippen LogP contribution in [0.1, 0.15) is 19.3 Å². The number of ether oxygens (including phenoxy) is 2. The number of esters is 1. The molecule has 3 nitrogen and oxygen atoms in total. The molecule has 0 spiro atoms. The summed E-state index contributed by atoms with van der Waals surface area (Å²) in [4.78, 5) is 10.9. The van der Waals surface area contributed by atoms with Crippen molar-refractivity contribution in [1.29, 1.82) is 0 Å². The molecule has 3 aliphatic rings. The van der Waals surface area contributed by atoms with E-state index in [1.54, 1.807) is 0 Å². The second-order valence-electron chi connectivity index (χ2n) is 5.58. The number of fused-ring (bicyclic) bond motifs is 5. The summed E-state index contributed by atoms with van der Waals surface area (Å²) < 4.78 is 10.8. The molecule has 2 saturated carbocycles. The van der Waals surface area contributed by atoms with Crippen molar-refractivity contribution in [3.8, 4) is 0 Å². The second kappa shape index (κ2) is 4.88. The quantitative estimate of drug-likeness (QED) is 0.324. The molecule has 0 radical (unpaired) electrons. The van der Waals surface area contributed by atoms with Crippen LogP contribution in [0.5, 0.6) is 0 Å². The Balaban J connectivity index is 1.44. The highest BCUT2D eigenvalue weighted by Gasteiger charge is 2.52. The van der Waals surface area contributed by atoms with Crippen LogP contribution in [-0.2, 0) is 14.3 Å². The summed E-state index contributed by atoms with van der Waals surface area (Å²) in [5.41, 5.74) is 0. The van der Waals surface area contributed by atoms with E-state index in [9.17, 15) is 4.79 Å². The third-order valence-corrected chi connectivity index (χ3v) is 4.77. The Morgan fingerprint density at radius 1 is 1.33 bits per heavy atom. The Morgan fingerprint density at radius 3 is 3.06 bits per heavy atom. The molecule has 3 aliphatic carbocycles. The first-order valence-electron chi connectivity index (χ1n) is 6.87. The van der Waals surface area contributed by atoms with E-state index in [1.807, 2.05) is 0 Å². The lowest BCUT2D eigenvalue weighted by Gasteiger charge is -2.31. The highest BCUT2D eigenvalue weighted by Crippen LogP contribution is 2.57. The van der Waals surface area contributed by atoms with Gasteiger partial charge in [0.2, 0.25) is 0 Å². The zero-order valence-electron chi connectivity index (χ0n) is 10.6. The number of rotatable bonds is 5. The van der Waals surface area contributed by atoms with Gasteiger partial charge in [-0.15, -0.1) is 0 Å². The summed E-state index contributed by atoms with van der Waals surface area (Å²) in [6, 6.07) is 0. The van der Waals surface area contributed by atoms with Crippen LogP contribution < -0.4 is 0 Å². The summed E-state index contributed by atoms with van der Waals surface area (Å²) >= 11 is 0. The first kappa shape index (κ1) is 12.0. The average molecular weight is 248 g/mol. The summed E-state index contributed by atoms with van der Waals surface area (Å²) in [5.74, 6) is 2.84. The van der Waals surface area contributed by atoms with Crippen molar-refractivity contribution in [1.82, 2.24) is 0 Å². The first-order chi connectivity index (χ1) is 8.79. The molecular weight excluding hydrogens is 228 g/mol. The van der Waals surface area contributed by atoms with Gasteiger partial charge in [-0.3, -0.25) is 0 Å². The summed E-state index contributed by atoms with van der Waals surface area (Å²) in [6.07, 6.45) is 10.1. The minimum absolute atomic E-state index is 0.336. The molecule has 18 heavy (non-hydrogen) atoms.